The van der Waals surface area contributed by atoms with Crippen molar-refractivity contribution in [2.45, 2.75) is 32.9 Å². The van der Waals surface area contributed by atoms with Crippen LogP contribution in [0.15, 0.2) is 72.8 Å². The fraction of sp³-hybridized carbons (Fsp3) is 0.296. The number of hydrogen-bond donors (Lipinski definition) is 1. The third-order valence-corrected chi connectivity index (χ3v) is 7.58. The molecule has 1 unspecified atom stereocenters. The lowest BCUT2D eigenvalue weighted by atomic mass is 10.0. The van der Waals surface area contributed by atoms with E-state index in [0.717, 1.165) is 16.8 Å². The number of carbonyl (C=O) groups is 1. The summed E-state index contributed by atoms with van der Waals surface area (Å²) in [7, 11) is 0.386. The molecule has 3 aromatic rings. The highest BCUT2D eigenvalue weighted by Crippen LogP contribution is 2.31. The quantitative estimate of drug-likeness (QED) is 0.363. The molecule has 1 N–H and O–H groups in total. The summed E-state index contributed by atoms with van der Waals surface area (Å²) in [6.07, 6.45) is 0.521. The predicted molar refractivity (Wildman–Crippen MR) is 145 cm³/mol. The summed E-state index contributed by atoms with van der Waals surface area (Å²) < 4.78 is 27.4. The average Bonchev–Trinajstić information content (AvgIpc) is 2.82. The van der Waals surface area contributed by atoms with Gasteiger partial charge in [-0.25, -0.2) is 8.42 Å². The molecule has 1 amide bonds. The van der Waals surface area contributed by atoms with Crippen LogP contribution < -0.4 is 9.62 Å². The van der Waals surface area contributed by atoms with Gasteiger partial charge >= 0.3 is 0 Å². The van der Waals surface area contributed by atoms with E-state index in [9.17, 15) is 13.2 Å². The Morgan fingerprint density at radius 3 is 2.29 bits per heavy atom. The van der Waals surface area contributed by atoms with Crippen molar-refractivity contribution in [2.24, 2.45) is 0 Å². The van der Waals surface area contributed by atoms with Gasteiger partial charge in [-0.1, -0.05) is 61.0 Å². The lowest BCUT2D eigenvalue weighted by Crippen LogP contribution is -2.34. The molecule has 0 saturated heterocycles. The van der Waals surface area contributed by atoms with E-state index < -0.39 is 10.0 Å². The molecule has 1 atom stereocenters. The van der Waals surface area contributed by atoms with Crippen molar-refractivity contribution >= 4 is 38.9 Å². The summed E-state index contributed by atoms with van der Waals surface area (Å²) >= 11 is 6.39. The molecule has 3 aromatic carbocycles. The number of carbonyl (C=O) groups excluding carboxylic acids is 1. The van der Waals surface area contributed by atoms with Crippen molar-refractivity contribution in [1.29, 1.82) is 0 Å². The van der Waals surface area contributed by atoms with Crippen molar-refractivity contribution in [3.63, 3.8) is 0 Å². The molecule has 35 heavy (non-hydrogen) atoms. The molecular formula is C27H32ClN3O3S. The molecule has 0 aliphatic carbocycles. The number of anilines is 2. The van der Waals surface area contributed by atoms with E-state index in [1.54, 1.807) is 41.3 Å². The highest BCUT2D eigenvalue weighted by Gasteiger charge is 2.26. The Hall–Kier alpha value is -3.03. The zero-order valence-corrected chi connectivity index (χ0v) is 22.1. The number of nitrogens with zero attached hydrogens (tertiary/aromatic N) is 2. The maximum atomic E-state index is 13.8. The van der Waals surface area contributed by atoms with E-state index in [1.807, 2.05) is 69.2 Å². The lowest BCUT2D eigenvalue weighted by molar-refractivity contribution is 0.0674. The van der Waals surface area contributed by atoms with Gasteiger partial charge in [0.2, 0.25) is 10.0 Å². The first-order chi connectivity index (χ1) is 16.6. The normalized spacial score (nSPS) is 12.1. The first-order valence-corrected chi connectivity index (χ1v) is 13.6. The number of benzene rings is 3. The second-order valence-electron chi connectivity index (χ2n) is 8.66. The van der Waals surface area contributed by atoms with Crippen LogP contribution in [-0.4, -0.2) is 39.1 Å². The molecule has 6 nitrogen and oxygen atoms in total. The average molecular weight is 514 g/mol. The summed E-state index contributed by atoms with van der Waals surface area (Å²) in [6, 6.07) is 22.0. The molecule has 0 bridgehead atoms. The van der Waals surface area contributed by atoms with E-state index in [-0.39, 0.29) is 24.2 Å². The summed E-state index contributed by atoms with van der Waals surface area (Å²) in [6.45, 7) is 4.06. The van der Waals surface area contributed by atoms with Crippen molar-refractivity contribution in [3.05, 3.63) is 94.5 Å². The maximum Gasteiger partial charge on any atom is 0.256 e. The van der Waals surface area contributed by atoms with Gasteiger partial charge in [0.25, 0.3) is 5.91 Å². The van der Waals surface area contributed by atoms with Crippen LogP contribution >= 0.6 is 11.6 Å². The largest absolute Gasteiger partial charge is 0.377 e. The molecule has 0 aromatic heterocycles. The van der Waals surface area contributed by atoms with E-state index in [2.05, 4.69) is 4.72 Å². The molecule has 0 aliphatic rings. The third-order valence-electron chi connectivity index (χ3n) is 5.76. The van der Waals surface area contributed by atoms with Gasteiger partial charge in [-0.15, -0.1) is 0 Å². The van der Waals surface area contributed by atoms with Crippen LogP contribution in [0.25, 0.3) is 0 Å². The Labute approximate surface area is 213 Å². The smallest absolute Gasteiger partial charge is 0.256 e. The van der Waals surface area contributed by atoms with Crippen LogP contribution in [0.5, 0.6) is 0 Å². The molecule has 8 heteroatoms. The zero-order valence-electron chi connectivity index (χ0n) is 20.5. The number of rotatable bonds is 10. The summed E-state index contributed by atoms with van der Waals surface area (Å²) in [4.78, 5) is 17.5. The van der Waals surface area contributed by atoms with Crippen LogP contribution in [0.3, 0.4) is 0 Å². The summed E-state index contributed by atoms with van der Waals surface area (Å²) in [5, 5.41) is 0.386. The standard InChI is InChI=1S/C27H32ClN3O3S/c1-5-17-35(33,34)29-23-15-16-26(30(3)4)22(18-23)19-31(20(2)21-11-7-6-8-12-21)27(32)24-13-9-10-14-25(24)28/h6-16,18,20,29H,5,17,19H2,1-4H3. The van der Waals surface area contributed by atoms with Gasteiger partial charge in [0.05, 0.1) is 22.4 Å². The minimum absolute atomic E-state index is 0.0416. The number of hydrogen-bond acceptors (Lipinski definition) is 4. The molecule has 0 saturated carbocycles. The Bertz CT molecular complexity index is 1260. The molecule has 0 fully saturated rings. The van der Waals surface area contributed by atoms with E-state index >= 15 is 0 Å². The van der Waals surface area contributed by atoms with Gasteiger partial charge in [0, 0.05) is 32.0 Å². The van der Waals surface area contributed by atoms with Crippen molar-refractivity contribution in [1.82, 2.24) is 4.90 Å². The first-order valence-electron chi connectivity index (χ1n) is 11.5. The molecule has 3 rings (SSSR count). The third kappa shape index (κ3) is 6.77. The second-order valence-corrected chi connectivity index (χ2v) is 10.9. The van der Waals surface area contributed by atoms with Crippen molar-refractivity contribution in [3.8, 4) is 0 Å². The summed E-state index contributed by atoms with van der Waals surface area (Å²) in [5.74, 6) is -0.159. The molecule has 0 aliphatic heterocycles. The van der Waals surface area contributed by atoms with Crippen LogP contribution in [-0.2, 0) is 16.6 Å². The topological polar surface area (TPSA) is 69.7 Å². The Morgan fingerprint density at radius 1 is 1.00 bits per heavy atom. The first kappa shape index (κ1) is 26.6. The Balaban J connectivity index is 2.06. The molecule has 0 radical (unpaired) electrons. The molecule has 0 heterocycles. The van der Waals surface area contributed by atoms with Crippen LogP contribution in [0, 0.1) is 0 Å². The number of nitrogens with one attached hydrogen (secondary N) is 1. The van der Waals surface area contributed by atoms with Gasteiger partial charge in [0.1, 0.15) is 0 Å². The van der Waals surface area contributed by atoms with Crippen molar-refractivity contribution in [2.75, 3.05) is 29.5 Å². The fourth-order valence-corrected chi connectivity index (χ4v) is 5.32. The minimum atomic E-state index is -3.45. The van der Waals surface area contributed by atoms with Crippen LogP contribution in [0.1, 0.15) is 47.8 Å². The number of sulfonamides is 1. The monoisotopic (exact) mass is 513 g/mol. The van der Waals surface area contributed by atoms with E-state index in [4.69, 9.17) is 11.6 Å². The lowest BCUT2D eigenvalue weighted by Gasteiger charge is -2.32. The van der Waals surface area contributed by atoms with Gasteiger partial charge in [-0.05, 0) is 54.8 Å². The Morgan fingerprint density at radius 2 is 1.66 bits per heavy atom. The molecule has 0 spiro atoms. The Kier molecular flexibility index (Phi) is 8.81. The second kappa shape index (κ2) is 11.6. The van der Waals surface area contributed by atoms with Crippen LogP contribution in [0.2, 0.25) is 5.02 Å². The van der Waals surface area contributed by atoms with E-state index in [0.29, 0.717) is 22.7 Å². The fourth-order valence-electron chi connectivity index (χ4n) is 3.98. The summed E-state index contributed by atoms with van der Waals surface area (Å²) in [5.41, 5.74) is 3.58. The zero-order chi connectivity index (χ0) is 25.6. The number of halogens is 1. The SMILES string of the molecule is CCCS(=O)(=O)Nc1ccc(N(C)C)c(CN(C(=O)c2ccccc2Cl)C(C)c2ccccc2)c1. The number of amides is 1. The van der Waals surface area contributed by atoms with Crippen molar-refractivity contribution < 1.29 is 13.2 Å². The molecule has 186 valence electrons. The predicted octanol–water partition coefficient (Wildman–Crippen LogP) is 5.96. The minimum Gasteiger partial charge on any atom is -0.377 e. The van der Waals surface area contributed by atoms with Gasteiger partial charge in [-0.2, -0.15) is 0 Å². The van der Waals surface area contributed by atoms with Gasteiger partial charge < -0.3 is 9.80 Å². The highest BCUT2D eigenvalue weighted by molar-refractivity contribution is 7.92. The molecular weight excluding hydrogens is 482 g/mol. The maximum absolute atomic E-state index is 13.8. The van der Waals surface area contributed by atoms with Gasteiger partial charge in [-0.3, -0.25) is 9.52 Å². The van der Waals surface area contributed by atoms with Crippen LogP contribution in [0.4, 0.5) is 11.4 Å². The van der Waals surface area contributed by atoms with E-state index in [1.165, 1.54) is 0 Å². The highest BCUT2D eigenvalue weighted by atomic mass is 35.5. The van der Waals surface area contributed by atoms with Gasteiger partial charge in [0.15, 0.2) is 0 Å².